The van der Waals surface area contributed by atoms with Crippen molar-refractivity contribution in [3.63, 3.8) is 0 Å². The Hall–Kier alpha value is -7.53. The molecule has 4 heteroatoms. The van der Waals surface area contributed by atoms with E-state index in [1.165, 1.54) is 63.5 Å². The molecule has 0 aliphatic heterocycles. The Bertz CT molecular complexity index is 3620. The number of benzene rings is 9. The van der Waals surface area contributed by atoms with Crippen molar-refractivity contribution in [2.75, 3.05) is 0 Å². The first-order valence-electron chi connectivity index (χ1n) is 20.0. The largest absolute Gasteiger partial charge is 0.456 e. The zero-order chi connectivity index (χ0) is 38.6. The highest BCUT2D eigenvalue weighted by Gasteiger charge is 2.18. The van der Waals surface area contributed by atoms with E-state index in [1.807, 2.05) is 23.5 Å². The van der Waals surface area contributed by atoms with Crippen molar-refractivity contribution in [1.82, 2.24) is 9.55 Å². The molecule has 0 saturated carbocycles. The Labute approximate surface area is 342 Å². The number of aromatic nitrogens is 2. The van der Waals surface area contributed by atoms with Gasteiger partial charge in [0.2, 0.25) is 0 Å². The van der Waals surface area contributed by atoms with Gasteiger partial charge in [0, 0.05) is 58.5 Å². The maximum Gasteiger partial charge on any atom is 0.135 e. The third-order valence-electron chi connectivity index (χ3n) is 12.2. The summed E-state index contributed by atoms with van der Waals surface area (Å²) >= 11 is 1.84. The highest BCUT2D eigenvalue weighted by Crippen LogP contribution is 2.42. The van der Waals surface area contributed by atoms with E-state index in [0.29, 0.717) is 0 Å². The third kappa shape index (κ3) is 4.97. The number of rotatable bonds is 4. The highest BCUT2D eigenvalue weighted by atomic mass is 32.1. The van der Waals surface area contributed by atoms with Crippen LogP contribution in [0.5, 0.6) is 0 Å². The minimum absolute atomic E-state index is 0.890. The predicted molar refractivity (Wildman–Crippen MR) is 250 cm³/mol. The lowest BCUT2D eigenvalue weighted by molar-refractivity contribution is 0.669. The van der Waals surface area contributed by atoms with Crippen molar-refractivity contribution in [3.8, 4) is 39.3 Å². The minimum Gasteiger partial charge on any atom is -0.456 e. The fourth-order valence-electron chi connectivity index (χ4n) is 9.39. The quantitative estimate of drug-likeness (QED) is 0.179. The maximum absolute atomic E-state index is 6.22. The second kappa shape index (κ2) is 12.5. The Morgan fingerprint density at radius 3 is 1.68 bits per heavy atom. The Morgan fingerprint density at radius 1 is 0.373 bits per heavy atom. The van der Waals surface area contributed by atoms with E-state index >= 15 is 0 Å². The van der Waals surface area contributed by atoms with Crippen LogP contribution < -0.4 is 0 Å². The first kappa shape index (κ1) is 32.5. The van der Waals surface area contributed by atoms with Crippen molar-refractivity contribution in [1.29, 1.82) is 0 Å². The lowest BCUT2D eigenvalue weighted by Crippen LogP contribution is -1.95. The van der Waals surface area contributed by atoms with Crippen molar-refractivity contribution in [2.45, 2.75) is 0 Å². The van der Waals surface area contributed by atoms with Crippen LogP contribution in [0.25, 0.3) is 125 Å². The number of pyridine rings is 1. The molecular weight excluding hydrogens is 737 g/mol. The van der Waals surface area contributed by atoms with Gasteiger partial charge in [0.15, 0.2) is 0 Å². The molecule has 4 aromatic heterocycles. The molecule has 0 aliphatic rings. The Balaban J connectivity index is 1.00. The molecule has 0 amide bonds. The molecule has 274 valence electrons. The summed E-state index contributed by atoms with van der Waals surface area (Å²) in [6.45, 7) is 0. The van der Waals surface area contributed by atoms with Crippen molar-refractivity contribution in [3.05, 3.63) is 194 Å². The molecule has 0 radical (unpaired) electrons. The molecule has 0 fully saturated rings. The fourth-order valence-corrected chi connectivity index (χ4v) is 10.5. The monoisotopic (exact) mass is 768 g/mol. The molecule has 0 aliphatic carbocycles. The summed E-state index contributed by atoms with van der Waals surface area (Å²) in [5.74, 6) is 0. The van der Waals surface area contributed by atoms with Gasteiger partial charge in [-0.3, -0.25) is 0 Å². The third-order valence-corrected chi connectivity index (χ3v) is 13.3. The molecule has 59 heavy (non-hydrogen) atoms. The summed E-state index contributed by atoms with van der Waals surface area (Å²) < 4.78 is 11.2. The number of fused-ring (bicyclic) bond motifs is 13. The number of nitrogens with zero attached hydrogens (tertiary/aromatic N) is 2. The van der Waals surface area contributed by atoms with Crippen molar-refractivity contribution < 1.29 is 4.42 Å². The Morgan fingerprint density at radius 2 is 0.932 bits per heavy atom. The second-order valence-corrected chi connectivity index (χ2v) is 16.6. The molecule has 0 N–H and O–H groups in total. The smallest absolute Gasteiger partial charge is 0.135 e. The summed E-state index contributed by atoms with van der Waals surface area (Å²) in [4.78, 5) is 5.41. The van der Waals surface area contributed by atoms with Crippen LogP contribution in [0.15, 0.2) is 199 Å². The number of para-hydroxylation sites is 1. The molecular formula is C55H32N2OS. The summed E-state index contributed by atoms with van der Waals surface area (Å²) in [5, 5.41) is 12.4. The average molecular weight is 769 g/mol. The van der Waals surface area contributed by atoms with Crippen LogP contribution in [0.1, 0.15) is 0 Å². The summed E-state index contributed by atoms with van der Waals surface area (Å²) in [5.41, 5.74) is 11.6. The van der Waals surface area contributed by atoms with Gasteiger partial charge in [-0.15, -0.1) is 11.3 Å². The number of hydrogen-bond acceptors (Lipinski definition) is 3. The van der Waals surface area contributed by atoms with E-state index in [4.69, 9.17) is 9.40 Å². The number of hydrogen-bond donors (Lipinski definition) is 0. The molecule has 0 saturated heterocycles. The summed E-state index contributed by atoms with van der Waals surface area (Å²) in [6.07, 6.45) is 0. The number of furan rings is 1. The molecule has 0 atom stereocenters. The van der Waals surface area contributed by atoms with E-state index < -0.39 is 0 Å². The lowest BCUT2D eigenvalue weighted by atomic mass is 9.98. The molecule has 4 heterocycles. The fraction of sp³-hybridized carbons (Fsp3) is 0. The van der Waals surface area contributed by atoms with Crippen molar-refractivity contribution in [2.24, 2.45) is 0 Å². The normalized spacial score (nSPS) is 12.1. The van der Waals surface area contributed by atoms with Crippen LogP contribution in [0.3, 0.4) is 0 Å². The van der Waals surface area contributed by atoms with E-state index in [0.717, 1.165) is 61.3 Å². The lowest BCUT2D eigenvalue weighted by Gasteiger charge is -2.13. The van der Waals surface area contributed by atoms with Gasteiger partial charge in [-0.2, -0.15) is 0 Å². The standard InChI is InChI=1S/C55H32N2OS/c1-3-11-40-33(9-1)19-25-48-54(40)55-41-12-4-2-10-34(41)20-26-49(55)57(48)39-23-17-35(18-24-39)46-31-38(36-21-27-51-44(29-36)42-13-5-7-15-50(42)58-51)32-47(56-46)37-22-28-53-45(30-37)43-14-6-8-16-52(43)59-53/h1-32H. The van der Waals surface area contributed by atoms with Crippen LogP contribution >= 0.6 is 11.3 Å². The molecule has 3 nitrogen and oxygen atoms in total. The van der Waals surface area contributed by atoms with E-state index in [2.05, 4.69) is 187 Å². The van der Waals surface area contributed by atoms with E-state index in [1.54, 1.807) is 0 Å². The summed E-state index contributed by atoms with van der Waals surface area (Å²) in [7, 11) is 0. The Kier molecular flexibility index (Phi) is 6.89. The molecule has 13 aromatic rings. The van der Waals surface area contributed by atoms with Crippen LogP contribution in [-0.2, 0) is 0 Å². The van der Waals surface area contributed by atoms with Gasteiger partial charge < -0.3 is 8.98 Å². The molecule has 13 rings (SSSR count). The van der Waals surface area contributed by atoms with Gasteiger partial charge in [0.05, 0.1) is 22.4 Å². The van der Waals surface area contributed by atoms with E-state index in [9.17, 15) is 0 Å². The topological polar surface area (TPSA) is 31.0 Å². The van der Waals surface area contributed by atoms with Gasteiger partial charge >= 0.3 is 0 Å². The highest BCUT2D eigenvalue weighted by molar-refractivity contribution is 7.25. The van der Waals surface area contributed by atoms with Gasteiger partial charge in [-0.1, -0.05) is 121 Å². The molecule has 0 unspecified atom stereocenters. The van der Waals surface area contributed by atoms with Crippen molar-refractivity contribution >= 4 is 96.8 Å². The van der Waals surface area contributed by atoms with Gasteiger partial charge in [-0.25, -0.2) is 4.98 Å². The van der Waals surface area contributed by atoms with E-state index in [-0.39, 0.29) is 0 Å². The summed E-state index contributed by atoms with van der Waals surface area (Å²) in [6, 6.07) is 70.2. The first-order valence-corrected chi connectivity index (χ1v) is 20.8. The second-order valence-electron chi connectivity index (χ2n) is 15.5. The first-order chi connectivity index (χ1) is 29.2. The van der Waals surface area contributed by atoms with Gasteiger partial charge in [-0.05, 0) is 105 Å². The zero-order valence-corrected chi connectivity index (χ0v) is 32.5. The number of thiophene rings is 1. The average Bonchev–Trinajstić information content (AvgIpc) is 3.98. The van der Waals surface area contributed by atoms with Crippen LogP contribution in [0.4, 0.5) is 0 Å². The van der Waals surface area contributed by atoms with Crippen LogP contribution in [-0.4, -0.2) is 9.55 Å². The van der Waals surface area contributed by atoms with Gasteiger partial charge in [0.25, 0.3) is 0 Å². The van der Waals surface area contributed by atoms with Crippen LogP contribution in [0.2, 0.25) is 0 Å². The zero-order valence-electron chi connectivity index (χ0n) is 31.7. The minimum atomic E-state index is 0.890. The van der Waals surface area contributed by atoms with Gasteiger partial charge in [0.1, 0.15) is 11.2 Å². The SMILES string of the molecule is c1ccc2c(c1)ccc1c2c2c3ccccc3ccc2n1-c1ccc(-c2cc(-c3ccc4oc5ccccc5c4c3)cc(-c3ccc4sc5ccccc5c4c3)n2)cc1. The molecule has 0 bridgehead atoms. The molecule has 0 spiro atoms. The van der Waals surface area contributed by atoms with Crippen LogP contribution in [0, 0.1) is 0 Å². The maximum atomic E-state index is 6.22. The molecule has 9 aromatic carbocycles. The predicted octanol–water partition coefficient (Wildman–Crippen LogP) is 15.8.